The zero-order valence-corrected chi connectivity index (χ0v) is 16.3. The van der Waals surface area contributed by atoms with Gasteiger partial charge >= 0.3 is 0 Å². The van der Waals surface area contributed by atoms with Crippen molar-refractivity contribution in [3.63, 3.8) is 0 Å². The van der Waals surface area contributed by atoms with E-state index >= 15 is 0 Å². The summed E-state index contributed by atoms with van der Waals surface area (Å²) in [6.45, 7) is 6.92. The summed E-state index contributed by atoms with van der Waals surface area (Å²) in [4.78, 5) is 4.63. The Hall–Kier alpha value is -1.95. The molecule has 0 radical (unpaired) electrons. The molecule has 0 spiro atoms. The first-order valence-electron chi connectivity index (χ1n) is 9.74. The van der Waals surface area contributed by atoms with Crippen LogP contribution in [0.1, 0.15) is 46.0 Å². The Bertz CT molecular complexity index is 557. The van der Waals surface area contributed by atoms with Gasteiger partial charge in [-0.3, -0.25) is 4.99 Å². The summed E-state index contributed by atoms with van der Waals surface area (Å²) < 4.78 is 16.8. The normalized spacial score (nSPS) is 15.1. The van der Waals surface area contributed by atoms with Crippen molar-refractivity contribution in [1.82, 2.24) is 5.32 Å². The second-order valence-electron chi connectivity index (χ2n) is 6.32. The molecular weight excluding hydrogens is 330 g/mol. The highest BCUT2D eigenvalue weighted by atomic mass is 16.5. The van der Waals surface area contributed by atoms with Crippen LogP contribution in [0.25, 0.3) is 0 Å². The molecule has 1 fully saturated rings. The van der Waals surface area contributed by atoms with Gasteiger partial charge in [0.1, 0.15) is 0 Å². The highest BCUT2D eigenvalue weighted by Crippen LogP contribution is 2.30. The van der Waals surface area contributed by atoms with Crippen molar-refractivity contribution in [2.45, 2.75) is 52.1 Å². The lowest BCUT2D eigenvalue weighted by atomic mass is 10.2. The maximum atomic E-state index is 5.89. The molecule has 26 heavy (non-hydrogen) atoms. The van der Waals surface area contributed by atoms with E-state index in [1.165, 1.54) is 25.7 Å². The number of hydrogen-bond donors (Lipinski definition) is 2. The van der Waals surface area contributed by atoms with Gasteiger partial charge in [-0.05, 0) is 45.2 Å². The summed E-state index contributed by atoms with van der Waals surface area (Å²) in [6.07, 6.45) is 6.45. The van der Waals surface area contributed by atoms with Crippen LogP contribution in [-0.4, -0.2) is 45.5 Å². The monoisotopic (exact) mass is 363 g/mol. The third-order valence-electron chi connectivity index (χ3n) is 4.30. The standard InChI is InChI=1S/C20H33N3O3/c1-4-21-20(22-13-8-14-26-17-9-6-7-10-17)23-16-11-12-18(24-3)19(15-16)25-5-2/h11-12,15,17H,4-10,13-14H2,1-3H3,(H2,21,22,23). The third-order valence-corrected chi connectivity index (χ3v) is 4.30. The lowest BCUT2D eigenvalue weighted by molar-refractivity contribution is 0.0579. The van der Waals surface area contributed by atoms with E-state index in [0.717, 1.165) is 49.3 Å². The van der Waals surface area contributed by atoms with E-state index in [1.54, 1.807) is 7.11 Å². The van der Waals surface area contributed by atoms with Crippen LogP contribution in [0, 0.1) is 0 Å². The number of nitrogens with zero attached hydrogens (tertiary/aromatic N) is 1. The number of aliphatic imine (C=N–C) groups is 1. The summed E-state index contributed by atoms with van der Waals surface area (Å²) in [6, 6.07) is 5.78. The number of guanidine groups is 1. The second kappa shape index (κ2) is 11.6. The van der Waals surface area contributed by atoms with Crippen LogP contribution >= 0.6 is 0 Å². The molecule has 1 aliphatic rings. The van der Waals surface area contributed by atoms with Gasteiger partial charge in [-0.2, -0.15) is 0 Å². The van der Waals surface area contributed by atoms with Gasteiger partial charge in [-0.15, -0.1) is 0 Å². The fraction of sp³-hybridized carbons (Fsp3) is 0.650. The fourth-order valence-corrected chi connectivity index (χ4v) is 3.03. The first-order valence-corrected chi connectivity index (χ1v) is 9.74. The van der Waals surface area contributed by atoms with E-state index in [2.05, 4.69) is 22.5 Å². The summed E-state index contributed by atoms with van der Waals surface area (Å²) in [5, 5.41) is 6.59. The third kappa shape index (κ3) is 6.75. The Morgan fingerprint density at radius 3 is 2.69 bits per heavy atom. The second-order valence-corrected chi connectivity index (χ2v) is 6.32. The van der Waals surface area contributed by atoms with Crippen molar-refractivity contribution in [3.05, 3.63) is 18.2 Å². The van der Waals surface area contributed by atoms with Crippen LogP contribution in [0.2, 0.25) is 0 Å². The number of hydrogen-bond acceptors (Lipinski definition) is 4. The Labute approximate surface area is 157 Å². The number of rotatable bonds is 10. The summed E-state index contributed by atoms with van der Waals surface area (Å²) >= 11 is 0. The molecule has 6 nitrogen and oxygen atoms in total. The molecule has 2 N–H and O–H groups in total. The molecule has 0 bridgehead atoms. The maximum absolute atomic E-state index is 5.89. The van der Waals surface area contributed by atoms with E-state index in [9.17, 15) is 0 Å². The van der Waals surface area contributed by atoms with Gasteiger partial charge in [-0.25, -0.2) is 0 Å². The molecule has 0 saturated heterocycles. The molecule has 1 aliphatic carbocycles. The Balaban J connectivity index is 1.86. The van der Waals surface area contributed by atoms with Crippen LogP contribution in [0.15, 0.2) is 23.2 Å². The molecular formula is C20H33N3O3. The number of benzene rings is 1. The highest BCUT2D eigenvalue weighted by molar-refractivity contribution is 5.93. The molecule has 0 amide bonds. The highest BCUT2D eigenvalue weighted by Gasteiger charge is 2.14. The van der Waals surface area contributed by atoms with Gasteiger partial charge < -0.3 is 24.8 Å². The van der Waals surface area contributed by atoms with Crippen molar-refractivity contribution in [1.29, 1.82) is 0 Å². The average molecular weight is 364 g/mol. The maximum Gasteiger partial charge on any atom is 0.195 e. The fourth-order valence-electron chi connectivity index (χ4n) is 3.03. The first-order chi connectivity index (χ1) is 12.8. The zero-order chi connectivity index (χ0) is 18.6. The van der Waals surface area contributed by atoms with E-state index in [1.807, 2.05) is 25.1 Å². The minimum atomic E-state index is 0.474. The largest absolute Gasteiger partial charge is 0.493 e. The van der Waals surface area contributed by atoms with Crippen molar-refractivity contribution < 1.29 is 14.2 Å². The predicted octanol–water partition coefficient (Wildman–Crippen LogP) is 3.82. The van der Waals surface area contributed by atoms with Crippen LogP contribution < -0.4 is 20.1 Å². The van der Waals surface area contributed by atoms with Gasteiger partial charge in [-0.1, -0.05) is 12.8 Å². The topological polar surface area (TPSA) is 64.1 Å². The van der Waals surface area contributed by atoms with Gasteiger partial charge in [0.05, 0.1) is 19.8 Å². The summed E-state index contributed by atoms with van der Waals surface area (Å²) in [5.41, 5.74) is 0.913. The average Bonchev–Trinajstić information content (AvgIpc) is 3.15. The SMILES string of the molecule is CCNC(=NCCCOC1CCCC1)Nc1ccc(OC)c(OCC)c1. The molecule has 0 atom stereocenters. The summed E-state index contributed by atoms with van der Waals surface area (Å²) in [5.74, 6) is 2.21. The van der Waals surface area contributed by atoms with Gasteiger partial charge in [0.15, 0.2) is 17.5 Å². The number of ether oxygens (including phenoxy) is 3. The van der Waals surface area contributed by atoms with Crippen molar-refractivity contribution >= 4 is 11.6 Å². The number of nitrogens with one attached hydrogen (secondary N) is 2. The Morgan fingerprint density at radius 1 is 1.19 bits per heavy atom. The quantitative estimate of drug-likeness (QED) is 0.376. The van der Waals surface area contributed by atoms with Gasteiger partial charge in [0.2, 0.25) is 0 Å². The molecule has 1 aromatic carbocycles. The molecule has 0 heterocycles. The van der Waals surface area contributed by atoms with Gasteiger partial charge in [0, 0.05) is 31.5 Å². The van der Waals surface area contributed by atoms with Crippen LogP contribution in [0.3, 0.4) is 0 Å². The number of anilines is 1. The smallest absolute Gasteiger partial charge is 0.195 e. The Kier molecular flexibility index (Phi) is 9.10. The van der Waals surface area contributed by atoms with Crippen LogP contribution in [0.5, 0.6) is 11.5 Å². The lowest BCUT2D eigenvalue weighted by Crippen LogP contribution is -2.30. The minimum Gasteiger partial charge on any atom is -0.493 e. The predicted molar refractivity (Wildman–Crippen MR) is 107 cm³/mol. The molecule has 0 aromatic heterocycles. The molecule has 1 saturated carbocycles. The lowest BCUT2D eigenvalue weighted by Gasteiger charge is -2.14. The minimum absolute atomic E-state index is 0.474. The van der Waals surface area contributed by atoms with E-state index in [0.29, 0.717) is 12.7 Å². The number of methoxy groups -OCH3 is 1. The summed E-state index contributed by atoms with van der Waals surface area (Å²) in [7, 11) is 1.64. The van der Waals surface area contributed by atoms with E-state index in [-0.39, 0.29) is 0 Å². The van der Waals surface area contributed by atoms with Crippen molar-refractivity contribution in [3.8, 4) is 11.5 Å². The van der Waals surface area contributed by atoms with Crippen LogP contribution in [-0.2, 0) is 4.74 Å². The van der Waals surface area contributed by atoms with Crippen molar-refractivity contribution in [2.75, 3.05) is 38.7 Å². The molecule has 2 rings (SSSR count). The molecule has 0 unspecified atom stereocenters. The zero-order valence-electron chi connectivity index (χ0n) is 16.3. The van der Waals surface area contributed by atoms with E-state index in [4.69, 9.17) is 14.2 Å². The molecule has 146 valence electrons. The van der Waals surface area contributed by atoms with Crippen molar-refractivity contribution in [2.24, 2.45) is 4.99 Å². The van der Waals surface area contributed by atoms with Gasteiger partial charge in [0.25, 0.3) is 0 Å². The molecule has 0 aliphatic heterocycles. The van der Waals surface area contributed by atoms with Crippen LogP contribution in [0.4, 0.5) is 5.69 Å². The van der Waals surface area contributed by atoms with E-state index < -0.39 is 0 Å². The molecule has 6 heteroatoms. The Morgan fingerprint density at radius 2 is 2.00 bits per heavy atom. The first kappa shape index (κ1) is 20.4. The molecule has 1 aromatic rings.